The van der Waals surface area contributed by atoms with Gasteiger partial charge in [0.1, 0.15) is 0 Å². The number of aromatic nitrogens is 1. The fraction of sp³-hybridized carbons (Fsp3) is 0.286. The zero-order chi connectivity index (χ0) is 10.6. The molecule has 0 amide bonds. The molecule has 1 heterocycles. The third kappa shape index (κ3) is 3.40. The van der Waals surface area contributed by atoms with Gasteiger partial charge in [-0.3, -0.25) is 10.2 Å². The van der Waals surface area contributed by atoms with Crippen molar-refractivity contribution in [2.45, 2.75) is 12.8 Å². The number of rotatable bonds is 4. The molecule has 76 valence electrons. The largest absolute Gasteiger partial charge is 0.481 e. The molecule has 0 bridgehead atoms. The maximum absolute atomic E-state index is 10.3. The highest BCUT2D eigenvalue weighted by molar-refractivity contribution is 7.13. The average molecular weight is 214 g/mol. The predicted molar refractivity (Wildman–Crippen MR) is 53.6 cm³/mol. The van der Waals surface area contributed by atoms with Gasteiger partial charge in [-0.2, -0.15) is 0 Å². The molecule has 5 N–H and O–H groups in total. The molecule has 0 atom stereocenters. The Bertz CT molecular complexity index is 349. The summed E-state index contributed by atoms with van der Waals surface area (Å²) in [4.78, 5) is 14.3. The summed E-state index contributed by atoms with van der Waals surface area (Å²) in [6, 6.07) is 0. The minimum absolute atomic E-state index is 0.0588. The van der Waals surface area contributed by atoms with Gasteiger partial charge < -0.3 is 16.2 Å². The fourth-order valence-corrected chi connectivity index (χ4v) is 1.59. The van der Waals surface area contributed by atoms with Crippen LogP contribution in [-0.2, 0) is 11.2 Å². The smallest absolute Gasteiger partial charge is 0.303 e. The van der Waals surface area contributed by atoms with Crippen LogP contribution in [0.1, 0.15) is 12.1 Å². The molecule has 1 aromatic rings. The van der Waals surface area contributed by atoms with Crippen LogP contribution in [0.5, 0.6) is 0 Å². The second kappa shape index (κ2) is 4.56. The number of aryl methyl sites for hydroxylation is 1. The van der Waals surface area contributed by atoms with Crippen molar-refractivity contribution >= 4 is 28.4 Å². The molecule has 6 nitrogen and oxygen atoms in total. The van der Waals surface area contributed by atoms with Gasteiger partial charge in [0.15, 0.2) is 11.1 Å². The van der Waals surface area contributed by atoms with E-state index in [0.29, 0.717) is 17.2 Å². The van der Waals surface area contributed by atoms with Gasteiger partial charge in [-0.25, -0.2) is 4.98 Å². The molecule has 1 rings (SSSR count). The lowest BCUT2D eigenvalue weighted by Crippen LogP contribution is -2.20. The SMILES string of the molecule is N=C(N)Nc1nc(CCC(=O)O)cs1. The standard InChI is InChI=1S/C7H10N4O2S/c8-6(9)11-7-10-4(3-14-7)1-2-5(12)13/h3H,1-2H2,(H,12,13)(H4,8,9,10,11). The van der Waals surface area contributed by atoms with Crippen molar-refractivity contribution < 1.29 is 9.90 Å². The van der Waals surface area contributed by atoms with Gasteiger partial charge in [0.25, 0.3) is 0 Å². The first-order valence-electron chi connectivity index (χ1n) is 3.85. The van der Waals surface area contributed by atoms with E-state index in [9.17, 15) is 4.79 Å². The summed E-state index contributed by atoms with van der Waals surface area (Å²) in [5.74, 6) is -1.02. The van der Waals surface area contributed by atoms with Crippen LogP contribution in [0.3, 0.4) is 0 Å². The van der Waals surface area contributed by atoms with Gasteiger partial charge in [-0.05, 0) is 0 Å². The second-order valence-electron chi connectivity index (χ2n) is 2.58. The van der Waals surface area contributed by atoms with Crippen molar-refractivity contribution in [3.05, 3.63) is 11.1 Å². The molecular weight excluding hydrogens is 204 g/mol. The maximum Gasteiger partial charge on any atom is 0.303 e. The minimum atomic E-state index is -0.848. The van der Waals surface area contributed by atoms with E-state index in [-0.39, 0.29) is 12.4 Å². The Labute approximate surface area is 84.3 Å². The van der Waals surface area contributed by atoms with E-state index in [4.69, 9.17) is 16.2 Å². The van der Waals surface area contributed by atoms with Gasteiger partial charge in [0, 0.05) is 11.8 Å². The van der Waals surface area contributed by atoms with E-state index in [0.717, 1.165) is 0 Å². The lowest BCUT2D eigenvalue weighted by molar-refractivity contribution is -0.136. The Kier molecular flexibility index (Phi) is 3.41. The van der Waals surface area contributed by atoms with E-state index in [2.05, 4.69) is 10.3 Å². The number of carboxylic acid groups (broad SMARTS) is 1. The summed E-state index contributed by atoms with van der Waals surface area (Å²) >= 11 is 1.29. The monoisotopic (exact) mass is 214 g/mol. The van der Waals surface area contributed by atoms with Crippen LogP contribution in [0.15, 0.2) is 5.38 Å². The summed E-state index contributed by atoms with van der Waals surface area (Å²) in [7, 11) is 0. The first-order chi connectivity index (χ1) is 6.58. The van der Waals surface area contributed by atoms with Crippen LogP contribution < -0.4 is 11.1 Å². The molecule has 0 aromatic carbocycles. The van der Waals surface area contributed by atoms with E-state index in [1.54, 1.807) is 5.38 Å². The first-order valence-corrected chi connectivity index (χ1v) is 4.73. The molecule has 0 aliphatic carbocycles. The second-order valence-corrected chi connectivity index (χ2v) is 3.43. The molecular formula is C7H10N4O2S. The average Bonchev–Trinajstić information content (AvgIpc) is 2.47. The zero-order valence-electron chi connectivity index (χ0n) is 7.28. The van der Waals surface area contributed by atoms with Gasteiger partial charge >= 0.3 is 5.97 Å². The normalized spacial score (nSPS) is 9.71. The lowest BCUT2D eigenvalue weighted by atomic mass is 10.3. The van der Waals surface area contributed by atoms with E-state index in [1.165, 1.54) is 11.3 Å². The Morgan fingerprint density at radius 2 is 2.50 bits per heavy atom. The minimum Gasteiger partial charge on any atom is -0.481 e. The Hall–Kier alpha value is -1.63. The Morgan fingerprint density at radius 1 is 1.79 bits per heavy atom. The number of aliphatic carboxylic acids is 1. The van der Waals surface area contributed by atoms with Crippen molar-refractivity contribution in [1.82, 2.24) is 4.98 Å². The van der Waals surface area contributed by atoms with Crippen LogP contribution in [-0.4, -0.2) is 22.0 Å². The maximum atomic E-state index is 10.3. The number of thiazole rings is 1. The van der Waals surface area contributed by atoms with Gasteiger partial charge in [-0.1, -0.05) is 0 Å². The number of hydrogen-bond donors (Lipinski definition) is 4. The third-order valence-electron chi connectivity index (χ3n) is 1.39. The van der Waals surface area contributed by atoms with Gasteiger partial charge in [0.2, 0.25) is 0 Å². The number of anilines is 1. The summed E-state index contributed by atoms with van der Waals surface area (Å²) in [5, 5.41) is 20.2. The Morgan fingerprint density at radius 3 is 3.07 bits per heavy atom. The van der Waals surface area contributed by atoms with E-state index < -0.39 is 5.97 Å². The lowest BCUT2D eigenvalue weighted by Gasteiger charge is -1.95. The Balaban J connectivity index is 2.50. The summed E-state index contributed by atoms with van der Waals surface area (Å²) in [5.41, 5.74) is 5.80. The van der Waals surface area contributed by atoms with Gasteiger partial charge in [-0.15, -0.1) is 11.3 Å². The number of carboxylic acids is 1. The van der Waals surface area contributed by atoms with Crippen LogP contribution in [0.25, 0.3) is 0 Å². The van der Waals surface area contributed by atoms with Crippen LogP contribution in [0, 0.1) is 5.41 Å². The first kappa shape index (κ1) is 10.5. The highest BCUT2D eigenvalue weighted by Crippen LogP contribution is 2.15. The molecule has 14 heavy (non-hydrogen) atoms. The predicted octanol–water partition coefficient (Wildman–Crippen LogP) is 0.466. The fourth-order valence-electron chi connectivity index (χ4n) is 0.829. The number of nitrogens with zero attached hydrogens (tertiary/aromatic N) is 1. The molecule has 7 heteroatoms. The molecule has 0 saturated heterocycles. The van der Waals surface area contributed by atoms with Crippen molar-refractivity contribution in [2.24, 2.45) is 5.73 Å². The molecule has 0 aliphatic rings. The molecule has 0 aliphatic heterocycles. The molecule has 0 unspecified atom stereocenters. The van der Waals surface area contributed by atoms with E-state index in [1.807, 2.05) is 0 Å². The zero-order valence-corrected chi connectivity index (χ0v) is 8.10. The summed E-state index contributed by atoms with van der Waals surface area (Å²) < 4.78 is 0. The third-order valence-corrected chi connectivity index (χ3v) is 2.19. The highest BCUT2D eigenvalue weighted by atomic mass is 32.1. The van der Waals surface area contributed by atoms with Crippen molar-refractivity contribution in [2.75, 3.05) is 5.32 Å². The highest BCUT2D eigenvalue weighted by Gasteiger charge is 2.04. The molecule has 0 spiro atoms. The molecule has 0 fully saturated rings. The number of carbonyl (C=O) groups is 1. The van der Waals surface area contributed by atoms with Crippen molar-refractivity contribution in [1.29, 1.82) is 5.41 Å². The quantitative estimate of drug-likeness (QED) is 0.430. The van der Waals surface area contributed by atoms with Crippen molar-refractivity contribution in [3.8, 4) is 0 Å². The number of nitrogens with two attached hydrogens (primary N) is 1. The van der Waals surface area contributed by atoms with Crippen LogP contribution in [0.2, 0.25) is 0 Å². The molecule has 0 saturated carbocycles. The van der Waals surface area contributed by atoms with Crippen LogP contribution in [0.4, 0.5) is 5.13 Å². The van der Waals surface area contributed by atoms with Crippen molar-refractivity contribution in [3.63, 3.8) is 0 Å². The van der Waals surface area contributed by atoms with E-state index >= 15 is 0 Å². The number of hydrogen-bond acceptors (Lipinski definition) is 4. The van der Waals surface area contributed by atoms with Gasteiger partial charge in [0.05, 0.1) is 12.1 Å². The van der Waals surface area contributed by atoms with Crippen LogP contribution >= 0.6 is 11.3 Å². The number of nitrogens with one attached hydrogen (secondary N) is 2. The summed E-state index contributed by atoms with van der Waals surface area (Å²) in [6.45, 7) is 0. The topological polar surface area (TPSA) is 112 Å². The number of guanidine groups is 1. The molecule has 0 radical (unpaired) electrons. The summed E-state index contributed by atoms with van der Waals surface area (Å²) in [6.07, 6.45) is 0.453. The molecule has 1 aromatic heterocycles.